The molecule has 2 heterocycles. The maximum absolute atomic E-state index is 12.8. The van der Waals surface area contributed by atoms with Crippen LogP contribution in [-0.4, -0.2) is 27.1 Å². The zero-order chi connectivity index (χ0) is 15.7. The van der Waals surface area contributed by atoms with Crippen LogP contribution < -0.4 is 5.32 Å². The van der Waals surface area contributed by atoms with E-state index in [1.807, 2.05) is 23.4 Å². The summed E-state index contributed by atoms with van der Waals surface area (Å²) in [6.45, 7) is 0.581. The molecule has 1 aliphatic rings. The molecule has 1 aromatic carbocycles. The van der Waals surface area contributed by atoms with Crippen LogP contribution in [0.2, 0.25) is 0 Å². The second-order valence-electron chi connectivity index (χ2n) is 5.58. The van der Waals surface area contributed by atoms with Crippen LogP contribution >= 0.6 is 11.8 Å². The molecule has 0 spiro atoms. The highest BCUT2D eigenvalue weighted by Crippen LogP contribution is 2.31. The van der Waals surface area contributed by atoms with E-state index < -0.39 is 11.7 Å². The lowest BCUT2D eigenvalue weighted by Gasteiger charge is -2.22. The minimum absolute atomic E-state index is 0.396. The molecule has 1 atom stereocenters. The van der Waals surface area contributed by atoms with E-state index in [1.165, 1.54) is 18.2 Å². The van der Waals surface area contributed by atoms with E-state index in [0.29, 0.717) is 18.1 Å². The molecule has 1 aliphatic heterocycles. The van der Waals surface area contributed by atoms with Crippen molar-refractivity contribution in [3.05, 3.63) is 29.6 Å². The summed E-state index contributed by atoms with van der Waals surface area (Å²) >= 11 is 1.94. The van der Waals surface area contributed by atoms with Gasteiger partial charge >= 0.3 is 6.18 Å². The van der Waals surface area contributed by atoms with E-state index in [1.54, 1.807) is 0 Å². The molecule has 2 aromatic rings. The second-order valence-corrected chi connectivity index (χ2v) is 6.73. The number of nitrogens with one attached hydrogen (secondary N) is 1. The maximum atomic E-state index is 12.8. The number of rotatable bonds is 3. The normalized spacial score (nSPS) is 19.7. The van der Waals surface area contributed by atoms with Gasteiger partial charge in [0.25, 0.3) is 0 Å². The molecule has 1 saturated heterocycles. The van der Waals surface area contributed by atoms with E-state index in [2.05, 4.69) is 10.3 Å². The molecule has 120 valence electrons. The highest BCUT2D eigenvalue weighted by atomic mass is 32.2. The summed E-state index contributed by atoms with van der Waals surface area (Å²) in [5, 5.41) is 3.46. The molecule has 0 aliphatic carbocycles. The van der Waals surface area contributed by atoms with Crippen molar-refractivity contribution in [2.75, 3.05) is 11.5 Å². The minimum Gasteiger partial charge on any atom is -0.330 e. The van der Waals surface area contributed by atoms with Crippen molar-refractivity contribution in [2.45, 2.75) is 31.6 Å². The van der Waals surface area contributed by atoms with Crippen molar-refractivity contribution in [2.24, 2.45) is 7.05 Å². The van der Waals surface area contributed by atoms with Gasteiger partial charge in [-0.25, -0.2) is 4.98 Å². The van der Waals surface area contributed by atoms with Crippen LogP contribution in [0.4, 0.5) is 13.2 Å². The quantitative estimate of drug-likeness (QED) is 0.933. The number of alkyl halides is 3. The number of nitrogens with zero attached hydrogens (tertiary/aromatic N) is 2. The monoisotopic (exact) mass is 329 g/mol. The van der Waals surface area contributed by atoms with Gasteiger partial charge < -0.3 is 9.88 Å². The Kier molecular flexibility index (Phi) is 4.36. The van der Waals surface area contributed by atoms with Gasteiger partial charge in [-0.05, 0) is 36.8 Å². The topological polar surface area (TPSA) is 29.9 Å². The van der Waals surface area contributed by atoms with Crippen LogP contribution in [0.3, 0.4) is 0 Å². The Bertz CT molecular complexity index is 660. The molecular weight excluding hydrogens is 311 g/mol. The number of benzene rings is 1. The molecule has 1 N–H and O–H groups in total. The van der Waals surface area contributed by atoms with E-state index in [0.717, 1.165) is 35.6 Å². The Labute approximate surface area is 131 Å². The maximum Gasteiger partial charge on any atom is 0.416 e. The number of thioether (sulfide) groups is 1. The predicted octanol–water partition coefficient (Wildman–Crippen LogP) is 3.58. The number of imidazole rings is 1. The Balaban J connectivity index is 1.79. The average molecular weight is 329 g/mol. The van der Waals surface area contributed by atoms with Crippen molar-refractivity contribution < 1.29 is 13.2 Å². The van der Waals surface area contributed by atoms with Crippen LogP contribution in [0.1, 0.15) is 24.2 Å². The Morgan fingerprint density at radius 1 is 1.41 bits per heavy atom. The van der Waals surface area contributed by atoms with E-state index >= 15 is 0 Å². The van der Waals surface area contributed by atoms with Crippen molar-refractivity contribution >= 4 is 22.8 Å². The van der Waals surface area contributed by atoms with Gasteiger partial charge in [0.15, 0.2) is 0 Å². The predicted molar refractivity (Wildman–Crippen MR) is 82.9 cm³/mol. The van der Waals surface area contributed by atoms with Gasteiger partial charge in [0.05, 0.1) is 23.1 Å². The summed E-state index contributed by atoms with van der Waals surface area (Å²) in [6, 6.07) is 4.18. The SMILES string of the molecule is Cn1c(CNC2CCCSC2)nc2cc(C(F)(F)F)ccc21. The van der Waals surface area contributed by atoms with Crippen LogP contribution in [0.25, 0.3) is 11.0 Å². The van der Waals surface area contributed by atoms with Crippen LogP contribution in [0.5, 0.6) is 0 Å². The van der Waals surface area contributed by atoms with Crippen molar-refractivity contribution in [1.29, 1.82) is 0 Å². The highest BCUT2D eigenvalue weighted by molar-refractivity contribution is 7.99. The molecule has 0 radical (unpaired) electrons. The minimum atomic E-state index is -4.33. The van der Waals surface area contributed by atoms with Crippen molar-refractivity contribution in [1.82, 2.24) is 14.9 Å². The lowest BCUT2D eigenvalue weighted by Crippen LogP contribution is -2.33. The third-order valence-corrected chi connectivity index (χ3v) is 5.23. The Morgan fingerprint density at radius 2 is 2.23 bits per heavy atom. The number of aryl methyl sites for hydroxylation is 1. The van der Waals surface area contributed by atoms with E-state index in [9.17, 15) is 13.2 Å². The standard InChI is InChI=1S/C15H18F3N3S/c1-21-13-5-4-10(15(16,17)18)7-12(13)20-14(21)8-19-11-3-2-6-22-9-11/h4-5,7,11,19H,2-3,6,8-9H2,1H3. The zero-order valence-electron chi connectivity index (χ0n) is 12.3. The first-order chi connectivity index (χ1) is 10.4. The van der Waals surface area contributed by atoms with Gasteiger partial charge in [-0.3, -0.25) is 0 Å². The molecule has 1 unspecified atom stereocenters. The molecule has 0 amide bonds. The Hall–Kier alpha value is -1.21. The van der Waals surface area contributed by atoms with Gasteiger partial charge in [0.2, 0.25) is 0 Å². The second kappa shape index (κ2) is 6.12. The number of hydrogen-bond acceptors (Lipinski definition) is 3. The summed E-state index contributed by atoms with van der Waals surface area (Å²) < 4.78 is 40.2. The van der Waals surface area contributed by atoms with Crippen LogP contribution in [0.15, 0.2) is 18.2 Å². The first-order valence-electron chi connectivity index (χ1n) is 7.29. The summed E-state index contributed by atoms with van der Waals surface area (Å²) in [4.78, 5) is 4.36. The highest BCUT2D eigenvalue weighted by Gasteiger charge is 2.31. The molecule has 0 bridgehead atoms. The van der Waals surface area contributed by atoms with Crippen LogP contribution in [0, 0.1) is 0 Å². The summed E-state index contributed by atoms with van der Waals surface area (Å²) in [7, 11) is 1.84. The third kappa shape index (κ3) is 3.25. The summed E-state index contributed by atoms with van der Waals surface area (Å²) in [6.07, 6.45) is -1.97. The molecule has 22 heavy (non-hydrogen) atoms. The largest absolute Gasteiger partial charge is 0.416 e. The lowest BCUT2D eigenvalue weighted by atomic mass is 10.2. The molecule has 3 nitrogen and oxygen atoms in total. The Morgan fingerprint density at radius 3 is 2.91 bits per heavy atom. The first-order valence-corrected chi connectivity index (χ1v) is 8.44. The summed E-state index contributed by atoms with van der Waals surface area (Å²) in [5.74, 6) is 3.07. The number of halogens is 3. The van der Waals surface area contributed by atoms with Crippen LogP contribution in [-0.2, 0) is 19.8 Å². The summed E-state index contributed by atoms with van der Waals surface area (Å²) in [5.41, 5.74) is 0.469. The zero-order valence-corrected chi connectivity index (χ0v) is 13.1. The smallest absolute Gasteiger partial charge is 0.330 e. The fourth-order valence-electron chi connectivity index (χ4n) is 2.72. The van der Waals surface area contributed by atoms with Gasteiger partial charge in [0, 0.05) is 18.8 Å². The molecule has 3 rings (SSSR count). The van der Waals surface area contributed by atoms with Gasteiger partial charge in [-0.15, -0.1) is 0 Å². The number of hydrogen-bond donors (Lipinski definition) is 1. The lowest BCUT2D eigenvalue weighted by molar-refractivity contribution is -0.137. The molecule has 0 saturated carbocycles. The van der Waals surface area contributed by atoms with E-state index in [4.69, 9.17) is 0 Å². The third-order valence-electron chi connectivity index (χ3n) is 4.01. The van der Waals surface area contributed by atoms with Gasteiger partial charge in [0.1, 0.15) is 5.82 Å². The fraction of sp³-hybridized carbons (Fsp3) is 0.533. The molecule has 7 heteroatoms. The fourth-order valence-corrected chi connectivity index (χ4v) is 3.83. The number of aromatic nitrogens is 2. The first kappa shape index (κ1) is 15.7. The van der Waals surface area contributed by atoms with E-state index in [-0.39, 0.29) is 0 Å². The van der Waals surface area contributed by atoms with Crippen molar-refractivity contribution in [3.63, 3.8) is 0 Å². The molecule has 1 fully saturated rings. The van der Waals surface area contributed by atoms with Gasteiger partial charge in [-0.2, -0.15) is 24.9 Å². The van der Waals surface area contributed by atoms with Crippen molar-refractivity contribution in [3.8, 4) is 0 Å². The number of fused-ring (bicyclic) bond motifs is 1. The average Bonchev–Trinajstić information content (AvgIpc) is 2.81. The molecular formula is C15H18F3N3S. The van der Waals surface area contributed by atoms with Gasteiger partial charge in [-0.1, -0.05) is 0 Å². The molecule has 1 aromatic heterocycles.